The van der Waals surface area contributed by atoms with Crippen molar-refractivity contribution < 1.29 is 14.6 Å². The second-order valence-corrected chi connectivity index (χ2v) is 8.07. The van der Waals surface area contributed by atoms with Crippen LogP contribution in [-0.2, 0) is 16.1 Å². The predicted molar refractivity (Wildman–Crippen MR) is 124 cm³/mol. The van der Waals surface area contributed by atoms with E-state index in [0.717, 1.165) is 45.2 Å². The maximum absolute atomic E-state index is 11.6. The molecule has 5 heteroatoms. The number of carbonyl (C=O) groups is 1. The first-order valence-electron chi connectivity index (χ1n) is 10.8. The number of carboxylic acid groups (broad SMARTS) is 1. The fraction of sp³-hybridized carbons (Fsp3) is 0.480. The SMILES string of the molecule is CCCCC(C(=O)O)N1CCC(OCc2ccccc2-c2ccc(C)cc2)CC1.Cl. The molecule has 0 saturated carbocycles. The highest BCUT2D eigenvalue weighted by atomic mass is 35.5. The Bertz CT molecular complexity index is 785. The molecule has 0 bridgehead atoms. The van der Waals surface area contributed by atoms with Crippen molar-refractivity contribution in [3.8, 4) is 11.1 Å². The van der Waals surface area contributed by atoms with Gasteiger partial charge < -0.3 is 9.84 Å². The summed E-state index contributed by atoms with van der Waals surface area (Å²) in [4.78, 5) is 13.7. The Kier molecular flexibility index (Phi) is 9.83. The minimum Gasteiger partial charge on any atom is -0.480 e. The maximum Gasteiger partial charge on any atom is 0.320 e. The molecule has 1 heterocycles. The standard InChI is InChI=1S/C25H33NO3.ClH/c1-3-4-9-24(25(27)28)26-16-14-22(15-17-26)29-18-21-7-5-6-8-23(21)20-12-10-19(2)11-13-20;/h5-8,10-13,22,24H,3-4,9,14-18H2,1-2H3,(H,27,28);1H. The summed E-state index contributed by atoms with van der Waals surface area (Å²) in [6.07, 6.45) is 4.71. The van der Waals surface area contributed by atoms with Crippen LogP contribution < -0.4 is 0 Å². The molecule has 1 aliphatic heterocycles. The molecule has 0 aliphatic carbocycles. The molecule has 0 radical (unpaired) electrons. The number of carboxylic acids is 1. The molecule has 4 nitrogen and oxygen atoms in total. The smallest absolute Gasteiger partial charge is 0.320 e. The van der Waals surface area contributed by atoms with E-state index in [-0.39, 0.29) is 24.6 Å². The number of hydrogen-bond donors (Lipinski definition) is 1. The second kappa shape index (κ2) is 12.1. The summed E-state index contributed by atoms with van der Waals surface area (Å²) < 4.78 is 6.25. The largest absolute Gasteiger partial charge is 0.480 e. The lowest BCUT2D eigenvalue weighted by atomic mass is 9.99. The van der Waals surface area contributed by atoms with Crippen LogP contribution in [-0.4, -0.2) is 41.2 Å². The first-order valence-corrected chi connectivity index (χ1v) is 10.8. The number of likely N-dealkylation sites (tertiary alicyclic amines) is 1. The van der Waals surface area contributed by atoms with Gasteiger partial charge >= 0.3 is 5.97 Å². The van der Waals surface area contributed by atoms with Crippen molar-refractivity contribution in [1.29, 1.82) is 0 Å². The number of halogens is 1. The molecule has 2 aromatic rings. The van der Waals surface area contributed by atoms with E-state index in [1.165, 1.54) is 22.3 Å². The van der Waals surface area contributed by atoms with Crippen LogP contribution in [0.3, 0.4) is 0 Å². The van der Waals surface area contributed by atoms with E-state index in [2.05, 4.69) is 67.3 Å². The topological polar surface area (TPSA) is 49.8 Å². The summed E-state index contributed by atoms with van der Waals surface area (Å²) >= 11 is 0. The van der Waals surface area contributed by atoms with Crippen LogP contribution in [0.15, 0.2) is 48.5 Å². The van der Waals surface area contributed by atoms with Crippen LogP contribution in [0.25, 0.3) is 11.1 Å². The number of ether oxygens (including phenoxy) is 1. The van der Waals surface area contributed by atoms with E-state index in [0.29, 0.717) is 6.61 Å². The monoisotopic (exact) mass is 431 g/mol. The lowest BCUT2D eigenvalue weighted by molar-refractivity contribution is -0.145. The van der Waals surface area contributed by atoms with E-state index in [1.807, 2.05) is 0 Å². The molecule has 0 spiro atoms. The number of piperidine rings is 1. The Labute approximate surface area is 186 Å². The first kappa shape index (κ1) is 24.4. The quantitative estimate of drug-likeness (QED) is 0.552. The maximum atomic E-state index is 11.6. The zero-order valence-corrected chi connectivity index (χ0v) is 18.9. The molecule has 1 aliphatic rings. The molecular weight excluding hydrogens is 398 g/mol. The minimum absolute atomic E-state index is 0. The molecule has 1 atom stereocenters. The van der Waals surface area contributed by atoms with Crippen LogP contribution in [0.5, 0.6) is 0 Å². The van der Waals surface area contributed by atoms with Crippen molar-refractivity contribution in [3.05, 3.63) is 59.7 Å². The van der Waals surface area contributed by atoms with E-state index in [4.69, 9.17) is 4.74 Å². The Hall–Kier alpha value is -1.88. The molecule has 1 saturated heterocycles. The van der Waals surface area contributed by atoms with Crippen molar-refractivity contribution in [2.75, 3.05) is 13.1 Å². The van der Waals surface area contributed by atoms with E-state index in [1.54, 1.807) is 0 Å². The minimum atomic E-state index is -0.690. The summed E-state index contributed by atoms with van der Waals surface area (Å²) in [6.45, 7) is 6.39. The number of hydrogen-bond acceptors (Lipinski definition) is 3. The molecule has 2 aromatic carbocycles. The summed E-state index contributed by atoms with van der Waals surface area (Å²) in [5, 5.41) is 9.55. The normalized spacial score (nSPS) is 16.1. The third kappa shape index (κ3) is 6.56. The molecular formula is C25H34ClNO3. The molecule has 1 N–H and O–H groups in total. The molecule has 1 fully saturated rings. The van der Waals surface area contributed by atoms with Crippen LogP contribution in [0.1, 0.15) is 50.2 Å². The zero-order chi connectivity index (χ0) is 20.6. The summed E-state index contributed by atoms with van der Waals surface area (Å²) in [5.41, 5.74) is 4.89. The van der Waals surface area contributed by atoms with Crippen LogP contribution >= 0.6 is 12.4 Å². The molecule has 164 valence electrons. The molecule has 30 heavy (non-hydrogen) atoms. The Morgan fingerprint density at radius 3 is 2.43 bits per heavy atom. The van der Waals surface area contributed by atoms with Gasteiger partial charge in [0.2, 0.25) is 0 Å². The van der Waals surface area contributed by atoms with Gasteiger partial charge in [-0.25, -0.2) is 0 Å². The number of rotatable bonds is 9. The summed E-state index contributed by atoms with van der Waals surface area (Å²) in [7, 11) is 0. The van der Waals surface area contributed by atoms with Crippen molar-refractivity contribution in [1.82, 2.24) is 4.90 Å². The molecule has 0 amide bonds. The van der Waals surface area contributed by atoms with Gasteiger partial charge in [-0.15, -0.1) is 12.4 Å². The van der Waals surface area contributed by atoms with Gasteiger partial charge in [0.25, 0.3) is 0 Å². The summed E-state index contributed by atoms with van der Waals surface area (Å²) in [5.74, 6) is -0.690. The van der Waals surface area contributed by atoms with Crippen molar-refractivity contribution in [3.63, 3.8) is 0 Å². The van der Waals surface area contributed by atoms with Gasteiger partial charge in [0, 0.05) is 13.1 Å². The van der Waals surface area contributed by atoms with Gasteiger partial charge in [-0.05, 0) is 42.9 Å². The van der Waals surface area contributed by atoms with Crippen molar-refractivity contribution in [2.45, 2.75) is 64.7 Å². The lowest BCUT2D eigenvalue weighted by Crippen LogP contribution is -2.47. The van der Waals surface area contributed by atoms with Crippen LogP contribution in [0, 0.1) is 6.92 Å². The Morgan fingerprint density at radius 2 is 1.80 bits per heavy atom. The number of aryl methyl sites for hydroxylation is 1. The van der Waals surface area contributed by atoms with E-state index in [9.17, 15) is 9.90 Å². The number of nitrogens with zero attached hydrogens (tertiary/aromatic N) is 1. The van der Waals surface area contributed by atoms with Gasteiger partial charge in [0.05, 0.1) is 12.7 Å². The van der Waals surface area contributed by atoms with Crippen LogP contribution in [0.4, 0.5) is 0 Å². The lowest BCUT2D eigenvalue weighted by Gasteiger charge is -2.35. The third-order valence-electron chi connectivity index (χ3n) is 5.89. The zero-order valence-electron chi connectivity index (χ0n) is 18.0. The highest BCUT2D eigenvalue weighted by Gasteiger charge is 2.29. The molecule has 3 rings (SSSR count). The van der Waals surface area contributed by atoms with Gasteiger partial charge in [-0.1, -0.05) is 73.9 Å². The third-order valence-corrected chi connectivity index (χ3v) is 5.89. The second-order valence-electron chi connectivity index (χ2n) is 8.07. The highest BCUT2D eigenvalue weighted by Crippen LogP contribution is 2.26. The van der Waals surface area contributed by atoms with E-state index >= 15 is 0 Å². The number of aliphatic carboxylic acids is 1. The molecule has 0 aromatic heterocycles. The average molecular weight is 432 g/mol. The fourth-order valence-electron chi connectivity index (χ4n) is 4.08. The van der Waals surface area contributed by atoms with Crippen molar-refractivity contribution >= 4 is 18.4 Å². The highest BCUT2D eigenvalue weighted by molar-refractivity contribution is 5.85. The summed E-state index contributed by atoms with van der Waals surface area (Å²) in [6, 6.07) is 16.7. The van der Waals surface area contributed by atoms with Crippen molar-refractivity contribution in [2.24, 2.45) is 0 Å². The van der Waals surface area contributed by atoms with Gasteiger partial charge in [0.15, 0.2) is 0 Å². The average Bonchev–Trinajstić information content (AvgIpc) is 2.74. The number of unbranched alkanes of at least 4 members (excludes halogenated alkanes) is 1. The van der Waals surface area contributed by atoms with Gasteiger partial charge in [-0.3, -0.25) is 9.69 Å². The fourth-order valence-corrected chi connectivity index (χ4v) is 4.08. The predicted octanol–water partition coefficient (Wildman–Crippen LogP) is 5.71. The molecule has 1 unspecified atom stereocenters. The van der Waals surface area contributed by atoms with Gasteiger partial charge in [0.1, 0.15) is 6.04 Å². The Morgan fingerprint density at radius 1 is 1.13 bits per heavy atom. The van der Waals surface area contributed by atoms with Crippen LogP contribution in [0.2, 0.25) is 0 Å². The first-order chi connectivity index (χ1) is 14.1. The van der Waals surface area contributed by atoms with E-state index < -0.39 is 5.97 Å². The van der Waals surface area contributed by atoms with Gasteiger partial charge in [-0.2, -0.15) is 0 Å². The number of benzene rings is 2. The Balaban J connectivity index is 0.00000320.